The minimum absolute atomic E-state index is 0.240. The van der Waals surface area contributed by atoms with E-state index in [9.17, 15) is 14.3 Å². The molecule has 1 saturated heterocycles. The van der Waals surface area contributed by atoms with Crippen molar-refractivity contribution in [3.63, 3.8) is 0 Å². The number of rotatable bonds is 4. The fourth-order valence-corrected chi connectivity index (χ4v) is 3.08. The van der Waals surface area contributed by atoms with Crippen LogP contribution in [0.3, 0.4) is 0 Å². The molecule has 1 aliphatic heterocycles. The van der Waals surface area contributed by atoms with Crippen molar-refractivity contribution in [1.82, 2.24) is 9.80 Å². The predicted molar refractivity (Wildman–Crippen MR) is 97.4 cm³/mol. The van der Waals surface area contributed by atoms with E-state index in [0.29, 0.717) is 26.2 Å². The molecule has 0 bridgehead atoms. The lowest BCUT2D eigenvalue weighted by atomic mass is 10.0. The lowest BCUT2D eigenvalue weighted by Gasteiger charge is -2.34. The number of hydrogen-bond acceptors (Lipinski definition) is 4. The molecule has 1 aliphatic rings. The molecule has 0 radical (unpaired) electrons. The van der Waals surface area contributed by atoms with Crippen molar-refractivity contribution in [1.29, 1.82) is 0 Å². The van der Waals surface area contributed by atoms with Gasteiger partial charge < -0.3 is 14.7 Å². The summed E-state index contributed by atoms with van der Waals surface area (Å²) in [7, 11) is 0. The molecular formula is C20H23FN2O3. The van der Waals surface area contributed by atoms with E-state index >= 15 is 0 Å². The molecule has 138 valence electrons. The van der Waals surface area contributed by atoms with Crippen LogP contribution in [0.2, 0.25) is 0 Å². The van der Waals surface area contributed by atoms with Gasteiger partial charge in [0, 0.05) is 38.3 Å². The van der Waals surface area contributed by atoms with Crippen LogP contribution in [0.25, 0.3) is 11.1 Å². The molecule has 5 nitrogen and oxygen atoms in total. The molecule has 0 saturated carbocycles. The Bertz CT molecular complexity index is 756. The van der Waals surface area contributed by atoms with Gasteiger partial charge in [0.15, 0.2) is 0 Å². The van der Waals surface area contributed by atoms with Crippen LogP contribution in [0.4, 0.5) is 9.18 Å². The Kier molecular flexibility index (Phi) is 5.73. The lowest BCUT2D eigenvalue weighted by molar-refractivity contribution is 0.0776. The number of aromatic hydroxyl groups is 1. The maximum Gasteiger partial charge on any atom is 0.409 e. The van der Waals surface area contributed by atoms with E-state index in [1.54, 1.807) is 30.0 Å². The number of ether oxygens (including phenoxy) is 1. The zero-order valence-corrected chi connectivity index (χ0v) is 14.8. The van der Waals surface area contributed by atoms with Crippen molar-refractivity contribution in [3.8, 4) is 16.9 Å². The second-order valence-corrected chi connectivity index (χ2v) is 6.31. The Balaban J connectivity index is 1.66. The summed E-state index contributed by atoms with van der Waals surface area (Å²) in [6, 6.07) is 11.7. The average Bonchev–Trinajstić information content (AvgIpc) is 2.65. The highest BCUT2D eigenvalue weighted by Crippen LogP contribution is 2.27. The zero-order valence-electron chi connectivity index (χ0n) is 14.8. The minimum atomic E-state index is -0.271. The van der Waals surface area contributed by atoms with E-state index in [2.05, 4.69) is 4.90 Å². The van der Waals surface area contributed by atoms with Gasteiger partial charge in [-0.15, -0.1) is 0 Å². The number of hydrogen-bond donors (Lipinski definition) is 1. The standard InChI is InChI=1S/C20H23FN2O3/c1-2-26-20(25)23-11-9-22(10-12-23)14-17-13-16(5-8-19(17)24)15-3-6-18(21)7-4-15/h3-8,13,24H,2,9-12,14H2,1H3. The van der Waals surface area contributed by atoms with E-state index in [0.717, 1.165) is 29.8 Å². The van der Waals surface area contributed by atoms with Crippen LogP contribution < -0.4 is 0 Å². The third-order valence-electron chi connectivity index (χ3n) is 4.55. The largest absolute Gasteiger partial charge is 0.508 e. The first kappa shape index (κ1) is 18.2. The first-order valence-corrected chi connectivity index (χ1v) is 8.78. The van der Waals surface area contributed by atoms with Gasteiger partial charge >= 0.3 is 6.09 Å². The summed E-state index contributed by atoms with van der Waals surface area (Å²) in [6.45, 7) is 5.43. The number of carbonyl (C=O) groups is 1. The van der Waals surface area contributed by atoms with Gasteiger partial charge in [0.05, 0.1) is 6.61 Å². The number of benzene rings is 2. The minimum Gasteiger partial charge on any atom is -0.508 e. The summed E-state index contributed by atoms with van der Waals surface area (Å²) in [4.78, 5) is 15.7. The van der Waals surface area contributed by atoms with Crippen LogP contribution in [0.15, 0.2) is 42.5 Å². The van der Waals surface area contributed by atoms with E-state index < -0.39 is 0 Å². The predicted octanol–water partition coefficient (Wildman–Crippen LogP) is 3.47. The van der Waals surface area contributed by atoms with Crippen LogP contribution >= 0.6 is 0 Å². The van der Waals surface area contributed by atoms with Gasteiger partial charge in [0.1, 0.15) is 11.6 Å². The highest BCUT2D eigenvalue weighted by molar-refractivity contribution is 5.67. The molecule has 0 spiro atoms. The van der Waals surface area contributed by atoms with Crippen LogP contribution in [-0.2, 0) is 11.3 Å². The Morgan fingerprint density at radius 1 is 1.08 bits per heavy atom. The fraction of sp³-hybridized carbons (Fsp3) is 0.350. The molecule has 2 aromatic carbocycles. The topological polar surface area (TPSA) is 53.0 Å². The van der Waals surface area contributed by atoms with Gasteiger partial charge in [-0.1, -0.05) is 18.2 Å². The molecule has 1 amide bonds. The molecule has 0 unspecified atom stereocenters. The van der Waals surface area contributed by atoms with Crippen molar-refractivity contribution in [2.45, 2.75) is 13.5 Å². The number of carbonyl (C=O) groups excluding carboxylic acids is 1. The molecule has 0 aliphatic carbocycles. The fourth-order valence-electron chi connectivity index (χ4n) is 3.08. The van der Waals surface area contributed by atoms with Gasteiger partial charge in [0.25, 0.3) is 0 Å². The van der Waals surface area contributed by atoms with Crippen LogP contribution in [0.5, 0.6) is 5.75 Å². The van der Waals surface area contributed by atoms with Gasteiger partial charge in [0.2, 0.25) is 0 Å². The van der Waals surface area contributed by atoms with Crippen molar-refractivity contribution >= 4 is 6.09 Å². The molecule has 0 atom stereocenters. The summed E-state index contributed by atoms with van der Waals surface area (Å²) in [6.07, 6.45) is -0.270. The lowest BCUT2D eigenvalue weighted by Crippen LogP contribution is -2.48. The molecule has 1 heterocycles. The molecule has 6 heteroatoms. The second kappa shape index (κ2) is 8.19. The van der Waals surface area contributed by atoms with Gasteiger partial charge in [-0.2, -0.15) is 0 Å². The molecule has 3 rings (SSSR count). The third-order valence-corrected chi connectivity index (χ3v) is 4.55. The Labute approximate surface area is 152 Å². The van der Waals surface area contributed by atoms with Crippen LogP contribution in [0.1, 0.15) is 12.5 Å². The Morgan fingerprint density at radius 3 is 2.38 bits per heavy atom. The van der Waals surface area contributed by atoms with Crippen molar-refractivity contribution in [2.24, 2.45) is 0 Å². The van der Waals surface area contributed by atoms with Gasteiger partial charge in [-0.25, -0.2) is 9.18 Å². The highest BCUT2D eigenvalue weighted by atomic mass is 19.1. The van der Waals surface area contributed by atoms with Crippen LogP contribution in [0, 0.1) is 5.82 Å². The van der Waals surface area contributed by atoms with Gasteiger partial charge in [-0.3, -0.25) is 4.90 Å². The highest BCUT2D eigenvalue weighted by Gasteiger charge is 2.22. The summed E-state index contributed by atoms with van der Waals surface area (Å²) in [5.74, 6) is -0.0316. The number of phenols is 1. The number of nitrogens with zero attached hydrogens (tertiary/aromatic N) is 2. The number of amides is 1. The summed E-state index contributed by atoms with van der Waals surface area (Å²) < 4.78 is 18.1. The van der Waals surface area contributed by atoms with Crippen molar-refractivity contribution in [2.75, 3.05) is 32.8 Å². The maximum absolute atomic E-state index is 13.1. The summed E-state index contributed by atoms with van der Waals surface area (Å²) >= 11 is 0. The summed E-state index contributed by atoms with van der Waals surface area (Å²) in [5.41, 5.74) is 2.65. The molecule has 0 aromatic heterocycles. The molecule has 26 heavy (non-hydrogen) atoms. The number of phenolic OH excluding ortho intramolecular Hbond substituents is 1. The molecule has 1 N–H and O–H groups in total. The van der Waals surface area contributed by atoms with Gasteiger partial charge in [-0.05, 0) is 42.3 Å². The smallest absolute Gasteiger partial charge is 0.409 e. The van der Waals surface area contributed by atoms with E-state index in [4.69, 9.17) is 4.74 Å². The molecular weight excluding hydrogens is 335 g/mol. The Morgan fingerprint density at radius 2 is 1.73 bits per heavy atom. The monoisotopic (exact) mass is 358 g/mol. The Hall–Kier alpha value is -2.60. The normalized spacial score (nSPS) is 15.1. The number of halogens is 1. The average molecular weight is 358 g/mol. The van der Waals surface area contributed by atoms with E-state index in [1.165, 1.54) is 12.1 Å². The third kappa shape index (κ3) is 4.32. The quantitative estimate of drug-likeness (QED) is 0.909. The van der Waals surface area contributed by atoms with Crippen molar-refractivity contribution < 1.29 is 19.0 Å². The SMILES string of the molecule is CCOC(=O)N1CCN(Cc2cc(-c3ccc(F)cc3)ccc2O)CC1. The molecule has 1 fully saturated rings. The zero-order chi connectivity index (χ0) is 18.5. The van der Waals surface area contributed by atoms with E-state index in [1.807, 2.05) is 12.1 Å². The number of piperazine rings is 1. The molecule has 2 aromatic rings. The second-order valence-electron chi connectivity index (χ2n) is 6.31. The maximum atomic E-state index is 13.1. The first-order valence-electron chi connectivity index (χ1n) is 8.78. The van der Waals surface area contributed by atoms with Crippen LogP contribution in [-0.4, -0.2) is 53.8 Å². The van der Waals surface area contributed by atoms with E-state index in [-0.39, 0.29) is 17.7 Å². The van der Waals surface area contributed by atoms with Crippen molar-refractivity contribution in [3.05, 3.63) is 53.8 Å². The first-order chi connectivity index (χ1) is 12.6. The summed E-state index contributed by atoms with van der Waals surface area (Å²) in [5, 5.41) is 10.2.